The molecular formula is C24H21N5O2. The van der Waals surface area contributed by atoms with Crippen LogP contribution in [0.5, 0.6) is 0 Å². The van der Waals surface area contributed by atoms with Crippen LogP contribution in [0.3, 0.4) is 0 Å². The number of anilines is 1. The van der Waals surface area contributed by atoms with Crippen molar-refractivity contribution in [3.63, 3.8) is 0 Å². The summed E-state index contributed by atoms with van der Waals surface area (Å²) in [5, 5.41) is 10.2. The maximum atomic E-state index is 13.3. The summed E-state index contributed by atoms with van der Waals surface area (Å²) in [6, 6.07) is 22.3. The number of aromatic nitrogens is 1. The van der Waals surface area contributed by atoms with Gasteiger partial charge in [-0.2, -0.15) is 15.2 Å². The predicted octanol–water partition coefficient (Wildman–Crippen LogP) is 3.45. The highest BCUT2D eigenvalue weighted by atomic mass is 16.2. The summed E-state index contributed by atoms with van der Waals surface area (Å²) in [5.74, 6) is -1.25. The molecule has 1 aliphatic heterocycles. The third-order valence-corrected chi connectivity index (χ3v) is 4.92. The number of pyridine rings is 1. The van der Waals surface area contributed by atoms with E-state index in [4.69, 9.17) is 0 Å². The minimum atomic E-state index is -0.658. The topological polar surface area (TPSA) is 87.0 Å². The molecule has 31 heavy (non-hydrogen) atoms. The minimum absolute atomic E-state index is 0.200. The summed E-state index contributed by atoms with van der Waals surface area (Å²) >= 11 is 0. The molecular weight excluding hydrogens is 390 g/mol. The van der Waals surface area contributed by atoms with E-state index in [2.05, 4.69) is 20.6 Å². The second-order valence-corrected chi connectivity index (χ2v) is 7.11. The zero-order valence-corrected chi connectivity index (χ0v) is 17.0. The van der Waals surface area contributed by atoms with Gasteiger partial charge < -0.3 is 0 Å². The first-order valence-electron chi connectivity index (χ1n) is 9.88. The maximum absolute atomic E-state index is 13.3. The third kappa shape index (κ3) is 4.56. The molecule has 1 atom stereocenters. The average molecular weight is 411 g/mol. The van der Waals surface area contributed by atoms with Gasteiger partial charge >= 0.3 is 0 Å². The fraction of sp³-hybridized carbons (Fsp3) is 0.125. The van der Waals surface area contributed by atoms with E-state index in [1.165, 1.54) is 11.2 Å². The highest BCUT2D eigenvalue weighted by molar-refractivity contribution is 6.28. The van der Waals surface area contributed by atoms with Crippen LogP contribution in [0.1, 0.15) is 22.8 Å². The molecule has 2 amide bonds. The van der Waals surface area contributed by atoms with Crippen LogP contribution in [0, 0.1) is 5.92 Å². The molecule has 1 aliphatic rings. The van der Waals surface area contributed by atoms with E-state index < -0.39 is 11.8 Å². The molecule has 154 valence electrons. The molecule has 3 aromatic rings. The Bertz CT molecular complexity index is 1130. The zero-order valence-electron chi connectivity index (χ0n) is 17.0. The Morgan fingerprint density at radius 3 is 2.42 bits per heavy atom. The number of rotatable bonds is 6. The summed E-state index contributed by atoms with van der Waals surface area (Å²) in [7, 11) is 0. The van der Waals surface area contributed by atoms with Crippen LogP contribution in [-0.4, -0.2) is 28.2 Å². The van der Waals surface area contributed by atoms with Crippen LogP contribution in [-0.2, 0) is 11.2 Å². The molecule has 0 fully saturated rings. The highest BCUT2D eigenvalue weighted by Crippen LogP contribution is 2.25. The zero-order chi connectivity index (χ0) is 21.6. The molecule has 2 aromatic carbocycles. The predicted molar refractivity (Wildman–Crippen MR) is 120 cm³/mol. The number of carbonyl (C=O) groups is 2. The number of hydrogen-bond acceptors (Lipinski definition) is 5. The molecule has 2 heterocycles. The lowest BCUT2D eigenvalue weighted by atomic mass is 9.93. The lowest BCUT2D eigenvalue weighted by Crippen LogP contribution is -2.35. The lowest BCUT2D eigenvalue weighted by molar-refractivity contribution is -0.118. The van der Waals surface area contributed by atoms with Crippen molar-refractivity contribution in [2.45, 2.75) is 13.3 Å². The standard InChI is InChI=1S/C24H21N5O2/c1-17-22(24(31)29(28-17)20-12-6-3-7-13-20)21(15-18-9-4-2-5-10-18)26-27-23(30)19-11-8-14-25-16-19/h2-14,16,22H,15H2,1H3,(H,27,30)/b26-21+. The largest absolute Gasteiger partial charge is 0.272 e. The Morgan fingerprint density at radius 1 is 1.03 bits per heavy atom. The van der Waals surface area contributed by atoms with Gasteiger partial charge in [-0.05, 0) is 36.8 Å². The number of nitrogens with one attached hydrogen (secondary N) is 1. The number of nitrogens with zero attached hydrogens (tertiary/aromatic N) is 4. The SMILES string of the molecule is CC1=NN(c2ccccc2)C(=O)C1/C(Cc1ccccc1)=N/NC(=O)c1cccnc1. The molecule has 1 aromatic heterocycles. The van der Waals surface area contributed by atoms with E-state index in [1.54, 1.807) is 25.3 Å². The second-order valence-electron chi connectivity index (χ2n) is 7.11. The Kier molecular flexibility index (Phi) is 5.93. The van der Waals surface area contributed by atoms with Crippen molar-refractivity contribution in [1.29, 1.82) is 0 Å². The Morgan fingerprint density at radius 2 is 1.74 bits per heavy atom. The van der Waals surface area contributed by atoms with Crippen molar-refractivity contribution < 1.29 is 9.59 Å². The van der Waals surface area contributed by atoms with Gasteiger partial charge in [0.05, 0.1) is 22.7 Å². The third-order valence-electron chi connectivity index (χ3n) is 4.92. The summed E-state index contributed by atoms with van der Waals surface area (Å²) in [4.78, 5) is 29.7. The van der Waals surface area contributed by atoms with Crippen LogP contribution in [0.15, 0.2) is 95.4 Å². The molecule has 0 radical (unpaired) electrons. The molecule has 7 nitrogen and oxygen atoms in total. The van der Waals surface area contributed by atoms with Crippen LogP contribution < -0.4 is 10.4 Å². The summed E-state index contributed by atoms with van der Waals surface area (Å²) < 4.78 is 0. The first kappa shape index (κ1) is 20.2. The van der Waals surface area contributed by atoms with E-state index in [0.717, 1.165) is 5.56 Å². The molecule has 1 N–H and O–H groups in total. The van der Waals surface area contributed by atoms with Gasteiger partial charge in [0.25, 0.3) is 11.8 Å². The molecule has 7 heteroatoms. The van der Waals surface area contributed by atoms with Crippen LogP contribution >= 0.6 is 0 Å². The number of benzene rings is 2. The summed E-state index contributed by atoms with van der Waals surface area (Å²) in [5.41, 5.74) is 5.78. The molecule has 4 rings (SSSR count). The summed E-state index contributed by atoms with van der Waals surface area (Å²) in [6.07, 6.45) is 3.46. The van der Waals surface area contributed by atoms with Gasteiger partial charge in [0, 0.05) is 18.8 Å². The number of amides is 2. The monoisotopic (exact) mass is 411 g/mol. The average Bonchev–Trinajstić information content (AvgIpc) is 3.12. The van der Waals surface area contributed by atoms with E-state index in [9.17, 15) is 9.59 Å². The minimum Gasteiger partial charge on any atom is -0.271 e. The number of para-hydroxylation sites is 1. The van der Waals surface area contributed by atoms with E-state index >= 15 is 0 Å². The first-order chi connectivity index (χ1) is 15.1. The van der Waals surface area contributed by atoms with Crippen molar-refractivity contribution >= 4 is 28.9 Å². The number of carbonyl (C=O) groups excluding carboxylic acids is 2. The van der Waals surface area contributed by atoms with Crippen molar-refractivity contribution in [3.8, 4) is 0 Å². The second kappa shape index (κ2) is 9.13. The lowest BCUT2D eigenvalue weighted by Gasteiger charge is -2.16. The molecule has 0 aliphatic carbocycles. The molecule has 0 bridgehead atoms. The van der Waals surface area contributed by atoms with Crippen molar-refractivity contribution in [2.75, 3.05) is 5.01 Å². The van der Waals surface area contributed by atoms with Gasteiger partial charge in [-0.1, -0.05) is 48.5 Å². The van der Waals surface area contributed by atoms with Gasteiger partial charge in [0.15, 0.2) is 0 Å². The van der Waals surface area contributed by atoms with Crippen molar-refractivity contribution in [2.24, 2.45) is 16.1 Å². The Labute approximate surface area is 180 Å². The van der Waals surface area contributed by atoms with E-state index in [-0.39, 0.29) is 5.91 Å². The Hall–Kier alpha value is -4.13. The molecule has 0 saturated carbocycles. The molecule has 1 unspecified atom stereocenters. The van der Waals surface area contributed by atoms with E-state index in [0.29, 0.717) is 29.1 Å². The number of hydrogen-bond donors (Lipinski definition) is 1. The van der Waals surface area contributed by atoms with Crippen LogP contribution in [0.2, 0.25) is 0 Å². The van der Waals surface area contributed by atoms with Gasteiger partial charge in [0.2, 0.25) is 0 Å². The first-order valence-corrected chi connectivity index (χ1v) is 9.88. The highest BCUT2D eigenvalue weighted by Gasteiger charge is 2.38. The van der Waals surface area contributed by atoms with Gasteiger partial charge in [-0.3, -0.25) is 14.6 Å². The summed E-state index contributed by atoms with van der Waals surface area (Å²) in [6.45, 7) is 1.80. The van der Waals surface area contributed by atoms with Gasteiger partial charge in [0.1, 0.15) is 5.92 Å². The maximum Gasteiger partial charge on any atom is 0.272 e. The quantitative estimate of drug-likeness (QED) is 0.498. The van der Waals surface area contributed by atoms with E-state index in [1.807, 2.05) is 60.7 Å². The molecule has 0 spiro atoms. The van der Waals surface area contributed by atoms with Crippen molar-refractivity contribution in [1.82, 2.24) is 10.4 Å². The van der Waals surface area contributed by atoms with Gasteiger partial charge in [-0.25, -0.2) is 5.43 Å². The fourth-order valence-corrected chi connectivity index (χ4v) is 3.40. The van der Waals surface area contributed by atoms with Crippen LogP contribution in [0.25, 0.3) is 0 Å². The van der Waals surface area contributed by atoms with Crippen molar-refractivity contribution in [3.05, 3.63) is 96.3 Å². The van der Waals surface area contributed by atoms with Gasteiger partial charge in [-0.15, -0.1) is 0 Å². The number of hydrazone groups is 2. The smallest absolute Gasteiger partial charge is 0.271 e. The van der Waals surface area contributed by atoms with Crippen LogP contribution in [0.4, 0.5) is 5.69 Å². The fourth-order valence-electron chi connectivity index (χ4n) is 3.40. The Balaban J connectivity index is 1.63. The molecule has 0 saturated heterocycles. The normalized spacial score (nSPS) is 16.2.